The molecule has 2 amide bonds. The van der Waals surface area contributed by atoms with Gasteiger partial charge in [-0.05, 0) is 60.9 Å². The zero-order chi connectivity index (χ0) is 21.1. The van der Waals surface area contributed by atoms with Crippen LogP contribution in [-0.2, 0) is 13.5 Å². The summed E-state index contributed by atoms with van der Waals surface area (Å²) in [5.74, 6) is 0. The van der Waals surface area contributed by atoms with Crippen molar-refractivity contribution in [1.29, 1.82) is 0 Å². The van der Waals surface area contributed by atoms with Crippen molar-refractivity contribution in [3.8, 4) is 0 Å². The van der Waals surface area contributed by atoms with Crippen molar-refractivity contribution in [2.75, 3.05) is 10.6 Å². The Morgan fingerprint density at radius 3 is 2.47 bits per heavy atom. The molecule has 0 saturated carbocycles. The zero-order valence-electron chi connectivity index (χ0n) is 17.2. The zero-order valence-corrected chi connectivity index (χ0v) is 17.2. The number of aromatic nitrogens is 1. The summed E-state index contributed by atoms with van der Waals surface area (Å²) in [5.41, 5.74) is 12.4. The molecule has 4 N–H and O–H groups in total. The third-order valence-corrected chi connectivity index (χ3v) is 5.29. The SMILES string of the molecule is Cc1ccc(CC(N)c2cccc(NC(=O)Nc3ccc4c(ccn4C)c3)c2)cc1. The molecule has 4 aromatic rings. The molecule has 0 aliphatic heterocycles. The lowest BCUT2D eigenvalue weighted by molar-refractivity contribution is 0.262. The molecule has 0 spiro atoms. The average molecular weight is 399 g/mol. The molecule has 4 rings (SSSR count). The van der Waals surface area contributed by atoms with Crippen LogP contribution in [0.2, 0.25) is 0 Å². The van der Waals surface area contributed by atoms with Crippen LogP contribution in [-0.4, -0.2) is 10.6 Å². The first-order valence-corrected chi connectivity index (χ1v) is 10.0. The standard InChI is InChI=1S/C25H26N4O/c1-17-6-8-18(9-7-17)14-23(26)19-4-3-5-21(15-19)27-25(30)28-22-10-11-24-20(16-22)12-13-29(24)2/h3-13,15-16,23H,14,26H2,1-2H3,(H2,27,28,30). The molecule has 152 valence electrons. The van der Waals surface area contributed by atoms with Gasteiger partial charge < -0.3 is 20.9 Å². The maximum atomic E-state index is 12.5. The van der Waals surface area contributed by atoms with Crippen molar-refractivity contribution in [3.63, 3.8) is 0 Å². The van der Waals surface area contributed by atoms with Gasteiger partial charge in [0, 0.05) is 41.6 Å². The normalized spacial score (nSPS) is 12.0. The van der Waals surface area contributed by atoms with E-state index in [9.17, 15) is 4.79 Å². The highest BCUT2D eigenvalue weighted by Gasteiger charge is 2.10. The van der Waals surface area contributed by atoms with E-state index in [4.69, 9.17) is 5.73 Å². The van der Waals surface area contributed by atoms with Crippen LogP contribution in [0.25, 0.3) is 10.9 Å². The number of hydrogen-bond acceptors (Lipinski definition) is 2. The average Bonchev–Trinajstić information content (AvgIpc) is 3.10. The number of rotatable bonds is 5. The predicted molar refractivity (Wildman–Crippen MR) is 124 cm³/mol. The van der Waals surface area contributed by atoms with Gasteiger partial charge in [0.15, 0.2) is 0 Å². The lowest BCUT2D eigenvalue weighted by Gasteiger charge is -2.14. The number of hydrogen-bond donors (Lipinski definition) is 3. The molecule has 3 aromatic carbocycles. The van der Waals surface area contributed by atoms with Gasteiger partial charge in [0.25, 0.3) is 0 Å². The smallest absolute Gasteiger partial charge is 0.323 e. The number of urea groups is 1. The van der Waals surface area contributed by atoms with Crippen molar-refractivity contribution < 1.29 is 4.79 Å². The molecule has 1 heterocycles. The van der Waals surface area contributed by atoms with Crippen molar-refractivity contribution in [1.82, 2.24) is 4.57 Å². The summed E-state index contributed by atoms with van der Waals surface area (Å²) in [5, 5.41) is 6.88. The molecule has 0 saturated heterocycles. The predicted octanol–water partition coefficient (Wildman–Crippen LogP) is 5.37. The Morgan fingerprint density at radius 2 is 1.70 bits per heavy atom. The lowest BCUT2D eigenvalue weighted by atomic mass is 9.99. The molecular weight excluding hydrogens is 372 g/mol. The topological polar surface area (TPSA) is 72.1 Å². The van der Waals surface area contributed by atoms with Gasteiger partial charge >= 0.3 is 6.03 Å². The van der Waals surface area contributed by atoms with Gasteiger partial charge in [-0.3, -0.25) is 0 Å². The van der Waals surface area contributed by atoms with E-state index < -0.39 is 0 Å². The maximum Gasteiger partial charge on any atom is 0.323 e. The molecule has 0 fully saturated rings. The van der Waals surface area contributed by atoms with Gasteiger partial charge in [0.05, 0.1) is 0 Å². The van der Waals surface area contributed by atoms with Crippen molar-refractivity contribution in [2.45, 2.75) is 19.4 Å². The number of benzene rings is 3. The number of nitrogens with one attached hydrogen (secondary N) is 2. The second-order valence-corrected chi connectivity index (χ2v) is 7.70. The molecule has 0 aliphatic carbocycles. The van der Waals surface area contributed by atoms with E-state index in [1.165, 1.54) is 11.1 Å². The van der Waals surface area contributed by atoms with Crippen LogP contribution in [0.3, 0.4) is 0 Å². The monoisotopic (exact) mass is 398 g/mol. The van der Waals surface area contributed by atoms with E-state index >= 15 is 0 Å². The summed E-state index contributed by atoms with van der Waals surface area (Å²) >= 11 is 0. The van der Waals surface area contributed by atoms with Crippen LogP contribution in [0.15, 0.2) is 79.0 Å². The lowest BCUT2D eigenvalue weighted by Crippen LogP contribution is -2.20. The molecule has 1 unspecified atom stereocenters. The second kappa shape index (κ2) is 8.43. The largest absolute Gasteiger partial charge is 0.351 e. The van der Waals surface area contributed by atoms with Gasteiger partial charge in [-0.25, -0.2) is 4.79 Å². The van der Waals surface area contributed by atoms with E-state index in [2.05, 4.69) is 41.8 Å². The summed E-state index contributed by atoms with van der Waals surface area (Å²) in [7, 11) is 2.00. The van der Waals surface area contributed by atoms with E-state index in [1.54, 1.807) is 0 Å². The Kier molecular flexibility index (Phi) is 5.55. The Hall–Kier alpha value is -3.57. The summed E-state index contributed by atoms with van der Waals surface area (Å²) in [6.45, 7) is 2.07. The van der Waals surface area contributed by atoms with Crippen molar-refractivity contribution >= 4 is 28.3 Å². The quantitative estimate of drug-likeness (QED) is 0.423. The maximum absolute atomic E-state index is 12.5. The van der Waals surface area contributed by atoms with Crippen LogP contribution in [0.5, 0.6) is 0 Å². The van der Waals surface area contributed by atoms with Crippen LogP contribution in [0, 0.1) is 6.92 Å². The Bertz CT molecular complexity index is 1180. The Balaban J connectivity index is 1.41. The highest BCUT2D eigenvalue weighted by Crippen LogP contribution is 2.22. The van der Waals surface area contributed by atoms with E-state index in [1.807, 2.05) is 66.3 Å². The van der Waals surface area contributed by atoms with Gasteiger partial charge in [-0.1, -0.05) is 42.0 Å². The highest BCUT2D eigenvalue weighted by molar-refractivity contribution is 6.01. The number of nitrogens with zero attached hydrogens (tertiary/aromatic N) is 1. The van der Waals surface area contributed by atoms with Gasteiger partial charge in [0.1, 0.15) is 0 Å². The molecule has 1 atom stereocenters. The summed E-state index contributed by atoms with van der Waals surface area (Å²) in [6.07, 6.45) is 2.74. The van der Waals surface area contributed by atoms with Crippen LogP contribution in [0.1, 0.15) is 22.7 Å². The summed E-state index contributed by atoms with van der Waals surface area (Å²) in [6, 6.07) is 23.6. The minimum Gasteiger partial charge on any atom is -0.351 e. The Morgan fingerprint density at radius 1 is 0.967 bits per heavy atom. The number of carbonyl (C=O) groups is 1. The van der Waals surface area contributed by atoms with E-state index in [0.717, 1.165) is 28.6 Å². The third-order valence-electron chi connectivity index (χ3n) is 5.29. The number of nitrogens with two attached hydrogens (primary N) is 1. The van der Waals surface area contributed by atoms with Gasteiger partial charge in [-0.2, -0.15) is 0 Å². The number of amides is 2. The van der Waals surface area contributed by atoms with Crippen molar-refractivity contribution in [2.24, 2.45) is 12.8 Å². The number of carbonyl (C=O) groups excluding carboxylic acids is 1. The molecule has 0 aliphatic rings. The minimum absolute atomic E-state index is 0.141. The molecule has 1 aromatic heterocycles. The fourth-order valence-corrected chi connectivity index (χ4v) is 3.60. The molecule has 5 heteroatoms. The fraction of sp³-hybridized carbons (Fsp3) is 0.160. The fourth-order valence-electron chi connectivity index (χ4n) is 3.60. The highest BCUT2D eigenvalue weighted by atomic mass is 16.2. The number of aryl methyl sites for hydroxylation is 2. The van der Waals surface area contributed by atoms with Crippen LogP contribution < -0.4 is 16.4 Å². The first kappa shape index (κ1) is 19.7. The first-order chi connectivity index (χ1) is 14.5. The van der Waals surface area contributed by atoms with Crippen LogP contribution in [0.4, 0.5) is 16.2 Å². The van der Waals surface area contributed by atoms with Gasteiger partial charge in [-0.15, -0.1) is 0 Å². The number of fused-ring (bicyclic) bond motifs is 1. The summed E-state index contributed by atoms with van der Waals surface area (Å²) in [4.78, 5) is 12.5. The molecule has 0 radical (unpaired) electrons. The first-order valence-electron chi connectivity index (χ1n) is 10.0. The molecule has 5 nitrogen and oxygen atoms in total. The second-order valence-electron chi connectivity index (χ2n) is 7.70. The van der Waals surface area contributed by atoms with Crippen LogP contribution >= 0.6 is 0 Å². The summed E-state index contributed by atoms with van der Waals surface area (Å²) < 4.78 is 2.05. The number of anilines is 2. The van der Waals surface area contributed by atoms with E-state index in [-0.39, 0.29) is 12.1 Å². The molecular formula is C25H26N4O. The van der Waals surface area contributed by atoms with E-state index in [0.29, 0.717) is 5.69 Å². The minimum atomic E-state index is -0.283. The van der Waals surface area contributed by atoms with Gasteiger partial charge in [0.2, 0.25) is 0 Å². The molecule has 0 bridgehead atoms. The Labute approximate surface area is 176 Å². The van der Waals surface area contributed by atoms with Crippen molar-refractivity contribution in [3.05, 3.63) is 95.7 Å². The molecule has 30 heavy (non-hydrogen) atoms. The third kappa shape index (κ3) is 4.53.